The number of hydrogen-bond donors (Lipinski definition) is 1. The molecule has 0 amide bonds. The van der Waals surface area contributed by atoms with Crippen molar-refractivity contribution in [2.45, 2.75) is 38.5 Å². The highest BCUT2D eigenvalue weighted by Crippen LogP contribution is 2.39. The Morgan fingerprint density at radius 3 is 2.44 bits per heavy atom. The maximum atomic E-state index is 10.8. The highest BCUT2D eigenvalue weighted by molar-refractivity contribution is 5.36. The van der Waals surface area contributed by atoms with Crippen LogP contribution in [-0.4, -0.2) is 85.4 Å². The van der Waals surface area contributed by atoms with Crippen LogP contribution in [0.25, 0.3) is 0 Å². The van der Waals surface area contributed by atoms with Crippen molar-refractivity contribution in [1.82, 2.24) is 14.7 Å². The maximum Gasteiger partial charge on any atom is 0.121 e. The normalized spacial score (nSPS) is 33.2. The van der Waals surface area contributed by atoms with Crippen molar-refractivity contribution in [2.24, 2.45) is 11.8 Å². The number of likely N-dealkylation sites (tertiary alicyclic amines) is 1. The molecule has 2 saturated heterocycles. The largest absolute Gasteiger partial charge is 0.496 e. The molecule has 1 aromatic rings. The number of fused-ring (bicyclic) bond motifs is 1. The van der Waals surface area contributed by atoms with Crippen molar-refractivity contribution in [2.75, 3.05) is 53.4 Å². The molecule has 27 heavy (non-hydrogen) atoms. The second-order valence-electron chi connectivity index (χ2n) is 8.96. The lowest BCUT2D eigenvalue weighted by molar-refractivity contribution is -0.0249. The van der Waals surface area contributed by atoms with Crippen molar-refractivity contribution in [3.8, 4) is 5.75 Å². The van der Waals surface area contributed by atoms with E-state index < -0.39 is 0 Å². The lowest BCUT2D eigenvalue weighted by Crippen LogP contribution is -2.55. The third-order valence-electron chi connectivity index (χ3n) is 7.06. The molecule has 3 fully saturated rings. The van der Waals surface area contributed by atoms with E-state index in [0.717, 1.165) is 63.8 Å². The molecule has 0 bridgehead atoms. The third kappa shape index (κ3) is 4.16. The van der Waals surface area contributed by atoms with Gasteiger partial charge in [-0.15, -0.1) is 0 Å². The van der Waals surface area contributed by atoms with Crippen LogP contribution in [0.5, 0.6) is 5.75 Å². The van der Waals surface area contributed by atoms with Gasteiger partial charge in [0.05, 0.1) is 13.2 Å². The van der Waals surface area contributed by atoms with Gasteiger partial charge in [0.15, 0.2) is 0 Å². The van der Waals surface area contributed by atoms with Crippen molar-refractivity contribution in [3.63, 3.8) is 0 Å². The van der Waals surface area contributed by atoms with E-state index >= 15 is 0 Å². The van der Waals surface area contributed by atoms with E-state index in [1.807, 2.05) is 0 Å². The van der Waals surface area contributed by atoms with E-state index in [1.165, 1.54) is 17.7 Å². The summed E-state index contributed by atoms with van der Waals surface area (Å²) in [6.07, 6.45) is 1.98. The first-order valence-electron chi connectivity index (χ1n) is 10.5. The maximum absolute atomic E-state index is 10.8. The van der Waals surface area contributed by atoms with Crippen LogP contribution in [0.3, 0.4) is 0 Å². The van der Waals surface area contributed by atoms with Crippen LogP contribution in [0, 0.1) is 18.8 Å². The SMILES string of the molecule is COc1ccc(CN2C[C@H]3C[C@@H](N4CCN(C)CC4)[C@H](O)C[C@H]3C2)cc1C. The molecule has 1 N–H and O–H groups in total. The first kappa shape index (κ1) is 19.2. The van der Waals surface area contributed by atoms with Crippen molar-refractivity contribution < 1.29 is 9.84 Å². The minimum absolute atomic E-state index is 0.155. The zero-order valence-corrected chi connectivity index (χ0v) is 17.1. The van der Waals surface area contributed by atoms with Gasteiger partial charge in [-0.25, -0.2) is 0 Å². The van der Waals surface area contributed by atoms with E-state index in [0.29, 0.717) is 12.0 Å². The number of rotatable bonds is 4. The van der Waals surface area contributed by atoms with Gasteiger partial charge >= 0.3 is 0 Å². The molecule has 1 aromatic carbocycles. The standard InChI is InChI=1S/C22H35N3O2/c1-16-10-17(4-5-22(16)27-3)13-24-14-18-11-20(21(26)12-19(18)15-24)25-8-6-23(2)7-9-25/h4-5,10,18-21,26H,6-9,11-15H2,1-3H3/t18-,19+,20-,21-/m1/s1. The molecular weight excluding hydrogens is 338 g/mol. The minimum Gasteiger partial charge on any atom is -0.496 e. The molecule has 5 heteroatoms. The number of aliphatic hydroxyl groups excluding tert-OH is 1. The van der Waals surface area contributed by atoms with Crippen LogP contribution >= 0.6 is 0 Å². The first-order chi connectivity index (χ1) is 13.0. The summed E-state index contributed by atoms with van der Waals surface area (Å²) < 4.78 is 5.39. The molecule has 1 aliphatic carbocycles. The highest BCUT2D eigenvalue weighted by Gasteiger charge is 2.43. The van der Waals surface area contributed by atoms with Gasteiger partial charge in [0, 0.05) is 51.9 Å². The second kappa shape index (κ2) is 8.08. The van der Waals surface area contributed by atoms with Crippen molar-refractivity contribution in [1.29, 1.82) is 0 Å². The molecule has 3 aliphatic rings. The summed E-state index contributed by atoms with van der Waals surface area (Å²) in [6, 6.07) is 6.89. The van der Waals surface area contributed by atoms with Gasteiger partial charge in [0.2, 0.25) is 0 Å². The summed E-state index contributed by atoms with van der Waals surface area (Å²) in [5.41, 5.74) is 2.57. The van der Waals surface area contributed by atoms with Gasteiger partial charge in [-0.3, -0.25) is 9.80 Å². The molecule has 150 valence electrons. The number of ether oxygens (including phenoxy) is 1. The molecule has 1 saturated carbocycles. The topological polar surface area (TPSA) is 39.2 Å². The Labute approximate surface area is 163 Å². The van der Waals surface area contributed by atoms with Gasteiger partial charge in [0.25, 0.3) is 0 Å². The summed E-state index contributed by atoms with van der Waals surface area (Å²) in [4.78, 5) is 7.54. The Morgan fingerprint density at radius 1 is 1.07 bits per heavy atom. The number of aliphatic hydroxyl groups is 1. The van der Waals surface area contributed by atoms with Gasteiger partial charge in [-0.05, 0) is 55.8 Å². The average Bonchev–Trinajstić information content (AvgIpc) is 3.03. The highest BCUT2D eigenvalue weighted by atomic mass is 16.5. The van der Waals surface area contributed by atoms with E-state index in [9.17, 15) is 5.11 Å². The molecule has 2 heterocycles. The molecule has 4 rings (SSSR count). The van der Waals surface area contributed by atoms with Gasteiger partial charge in [0.1, 0.15) is 5.75 Å². The second-order valence-corrected chi connectivity index (χ2v) is 8.96. The fraction of sp³-hybridized carbons (Fsp3) is 0.727. The number of hydrogen-bond acceptors (Lipinski definition) is 5. The molecule has 5 nitrogen and oxygen atoms in total. The van der Waals surface area contributed by atoms with Crippen LogP contribution < -0.4 is 4.74 Å². The Hall–Kier alpha value is -1.14. The first-order valence-corrected chi connectivity index (χ1v) is 10.5. The van der Waals surface area contributed by atoms with Crippen molar-refractivity contribution >= 4 is 0 Å². The summed E-state index contributed by atoms with van der Waals surface area (Å²) in [6.45, 7) is 9.88. The lowest BCUT2D eigenvalue weighted by Gasteiger charge is -2.44. The predicted molar refractivity (Wildman–Crippen MR) is 108 cm³/mol. The van der Waals surface area contributed by atoms with Crippen LogP contribution in [0.4, 0.5) is 0 Å². The zero-order valence-electron chi connectivity index (χ0n) is 17.1. The van der Waals surface area contributed by atoms with E-state index in [1.54, 1.807) is 7.11 Å². The molecule has 0 unspecified atom stereocenters. The molecule has 0 aromatic heterocycles. The zero-order chi connectivity index (χ0) is 19.0. The van der Waals surface area contributed by atoms with E-state index in [2.05, 4.69) is 46.9 Å². The van der Waals surface area contributed by atoms with E-state index in [-0.39, 0.29) is 6.10 Å². The fourth-order valence-electron chi connectivity index (χ4n) is 5.48. The summed E-state index contributed by atoms with van der Waals surface area (Å²) in [7, 11) is 3.93. The van der Waals surface area contributed by atoms with Gasteiger partial charge in [-0.1, -0.05) is 12.1 Å². The van der Waals surface area contributed by atoms with E-state index in [4.69, 9.17) is 4.74 Å². The monoisotopic (exact) mass is 373 g/mol. The summed E-state index contributed by atoms with van der Waals surface area (Å²) in [5, 5.41) is 10.8. The van der Waals surface area contributed by atoms with Crippen molar-refractivity contribution in [3.05, 3.63) is 29.3 Å². The quantitative estimate of drug-likeness (QED) is 0.872. The van der Waals surface area contributed by atoms with Crippen LogP contribution in [0.15, 0.2) is 18.2 Å². The Bertz CT molecular complexity index is 644. The number of nitrogens with zero attached hydrogens (tertiary/aromatic N) is 3. The van der Waals surface area contributed by atoms with Crippen LogP contribution in [0.1, 0.15) is 24.0 Å². The minimum atomic E-state index is -0.155. The summed E-state index contributed by atoms with van der Waals surface area (Å²) >= 11 is 0. The molecule has 2 aliphatic heterocycles. The molecule has 0 spiro atoms. The van der Waals surface area contributed by atoms with Crippen LogP contribution in [-0.2, 0) is 6.54 Å². The number of piperazine rings is 1. The number of benzene rings is 1. The Kier molecular flexibility index (Phi) is 5.74. The predicted octanol–water partition coefficient (Wildman–Crippen LogP) is 1.82. The molecule has 0 radical (unpaired) electrons. The van der Waals surface area contributed by atoms with Crippen LogP contribution in [0.2, 0.25) is 0 Å². The number of likely N-dealkylation sites (N-methyl/N-ethyl adjacent to an activating group) is 1. The average molecular weight is 374 g/mol. The number of aryl methyl sites for hydroxylation is 1. The fourth-order valence-corrected chi connectivity index (χ4v) is 5.48. The smallest absolute Gasteiger partial charge is 0.121 e. The molecule has 4 atom stereocenters. The Balaban J connectivity index is 1.36. The summed E-state index contributed by atoms with van der Waals surface area (Å²) in [5.74, 6) is 2.35. The number of methoxy groups -OCH3 is 1. The lowest BCUT2D eigenvalue weighted by atomic mass is 9.77. The third-order valence-corrected chi connectivity index (χ3v) is 7.06. The van der Waals surface area contributed by atoms with Gasteiger partial charge < -0.3 is 14.7 Å². The van der Waals surface area contributed by atoms with Gasteiger partial charge in [-0.2, -0.15) is 0 Å². The molecular formula is C22H35N3O2. The Morgan fingerprint density at radius 2 is 1.78 bits per heavy atom.